The van der Waals surface area contributed by atoms with Crippen molar-refractivity contribution in [3.8, 4) is 5.75 Å². The van der Waals surface area contributed by atoms with E-state index in [0.717, 1.165) is 6.54 Å². The molecule has 2 unspecified atom stereocenters. The molecule has 1 aliphatic heterocycles. The molecule has 1 heterocycles. The third-order valence-corrected chi connectivity index (χ3v) is 7.11. The van der Waals surface area contributed by atoms with Crippen LogP contribution in [0.3, 0.4) is 0 Å². The van der Waals surface area contributed by atoms with Gasteiger partial charge in [-0.15, -0.1) is 0 Å². The Morgan fingerprint density at radius 1 is 1.07 bits per heavy atom. The van der Waals surface area contributed by atoms with Crippen LogP contribution in [-0.4, -0.2) is 49.9 Å². The van der Waals surface area contributed by atoms with Gasteiger partial charge in [0.15, 0.2) is 0 Å². The number of methoxy groups -OCH3 is 1. The van der Waals surface area contributed by atoms with Crippen molar-refractivity contribution in [3.63, 3.8) is 0 Å². The molecule has 2 aromatic carbocycles. The monoisotopic (exact) mass is 408 g/mol. The van der Waals surface area contributed by atoms with Crippen molar-refractivity contribution in [2.75, 3.05) is 20.2 Å². The van der Waals surface area contributed by atoms with Gasteiger partial charge in [-0.2, -0.15) is 4.31 Å². The molecular formula is C20H25ClN2O3S. The fraction of sp³-hybridized carbons (Fsp3) is 0.400. The Morgan fingerprint density at radius 3 is 2.30 bits per heavy atom. The van der Waals surface area contributed by atoms with E-state index in [9.17, 15) is 8.42 Å². The van der Waals surface area contributed by atoms with E-state index >= 15 is 0 Å². The SMILES string of the molecule is COc1ccc(Cl)cc1S(=O)(=O)N1CC(C)N(Cc2ccccc2)C(C)C1. The van der Waals surface area contributed by atoms with Gasteiger partial charge in [0.2, 0.25) is 10.0 Å². The van der Waals surface area contributed by atoms with E-state index in [4.69, 9.17) is 16.3 Å². The van der Waals surface area contributed by atoms with E-state index in [-0.39, 0.29) is 17.0 Å². The van der Waals surface area contributed by atoms with Gasteiger partial charge in [0.25, 0.3) is 0 Å². The Bertz CT molecular complexity index is 877. The number of sulfonamides is 1. The molecule has 0 saturated carbocycles. The van der Waals surface area contributed by atoms with Crippen LogP contribution in [0, 0.1) is 0 Å². The highest BCUT2D eigenvalue weighted by Crippen LogP contribution is 2.32. The summed E-state index contributed by atoms with van der Waals surface area (Å²) in [6, 6.07) is 15.1. The van der Waals surface area contributed by atoms with Crippen molar-refractivity contribution in [3.05, 3.63) is 59.1 Å². The van der Waals surface area contributed by atoms with E-state index in [0.29, 0.717) is 23.9 Å². The molecule has 0 spiro atoms. The van der Waals surface area contributed by atoms with Crippen molar-refractivity contribution < 1.29 is 13.2 Å². The van der Waals surface area contributed by atoms with Crippen LogP contribution in [0.1, 0.15) is 19.4 Å². The maximum Gasteiger partial charge on any atom is 0.246 e. The summed E-state index contributed by atoms with van der Waals surface area (Å²) in [6.07, 6.45) is 0. The second-order valence-electron chi connectivity index (χ2n) is 6.97. The first-order valence-corrected chi connectivity index (χ1v) is 10.8. The molecule has 3 rings (SSSR count). The highest BCUT2D eigenvalue weighted by Gasteiger charge is 2.37. The molecule has 5 nitrogen and oxygen atoms in total. The van der Waals surface area contributed by atoms with Crippen LogP contribution in [0.5, 0.6) is 5.75 Å². The summed E-state index contributed by atoms with van der Waals surface area (Å²) in [4.78, 5) is 2.46. The van der Waals surface area contributed by atoms with Crippen LogP contribution in [0.2, 0.25) is 5.02 Å². The lowest BCUT2D eigenvalue weighted by Gasteiger charge is -2.43. The fourth-order valence-electron chi connectivity index (χ4n) is 3.60. The minimum absolute atomic E-state index is 0.0916. The normalized spacial score (nSPS) is 21.9. The highest BCUT2D eigenvalue weighted by molar-refractivity contribution is 7.89. The molecule has 0 radical (unpaired) electrons. The standard InChI is InChI=1S/C20H25ClN2O3S/c1-15-12-22(13-16(2)23(15)14-17-7-5-4-6-8-17)27(24,25)20-11-18(21)9-10-19(20)26-3/h4-11,15-16H,12-14H2,1-3H3. The van der Waals surface area contributed by atoms with Crippen molar-refractivity contribution in [2.45, 2.75) is 37.4 Å². The van der Waals surface area contributed by atoms with Gasteiger partial charge in [-0.1, -0.05) is 41.9 Å². The number of nitrogens with zero attached hydrogens (tertiary/aromatic N) is 2. The van der Waals surface area contributed by atoms with Crippen LogP contribution >= 0.6 is 11.6 Å². The van der Waals surface area contributed by atoms with Crippen molar-refractivity contribution in [1.82, 2.24) is 9.21 Å². The molecule has 0 aliphatic carbocycles. The van der Waals surface area contributed by atoms with Crippen molar-refractivity contribution in [1.29, 1.82) is 0 Å². The molecule has 146 valence electrons. The van der Waals surface area contributed by atoms with Gasteiger partial charge in [-0.25, -0.2) is 8.42 Å². The Kier molecular flexibility index (Phi) is 6.11. The van der Waals surface area contributed by atoms with E-state index in [1.165, 1.54) is 23.0 Å². The first-order valence-electron chi connectivity index (χ1n) is 8.96. The number of hydrogen-bond donors (Lipinski definition) is 0. The van der Waals surface area contributed by atoms with E-state index < -0.39 is 10.0 Å². The largest absolute Gasteiger partial charge is 0.495 e. The lowest BCUT2D eigenvalue weighted by molar-refractivity contribution is 0.0698. The molecule has 7 heteroatoms. The topological polar surface area (TPSA) is 49.9 Å². The summed E-state index contributed by atoms with van der Waals surface area (Å²) < 4.78 is 33.3. The fourth-order valence-corrected chi connectivity index (χ4v) is 5.62. The Morgan fingerprint density at radius 2 is 1.70 bits per heavy atom. The molecular weight excluding hydrogens is 384 g/mol. The summed E-state index contributed by atoms with van der Waals surface area (Å²) in [5.41, 5.74) is 1.23. The summed E-state index contributed by atoms with van der Waals surface area (Å²) in [5.74, 6) is 0.312. The summed E-state index contributed by atoms with van der Waals surface area (Å²) >= 11 is 6.04. The van der Waals surface area contributed by atoms with Crippen molar-refractivity contribution >= 4 is 21.6 Å². The Hall–Kier alpha value is -1.60. The lowest BCUT2D eigenvalue weighted by atomic mass is 10.1. The van der Waals surface area contributed by atoms with Crippen molar-refractivity contribution in [2.24, 2.45) is 0 Å². The molecule has 1 fully saturated rings. The minimum atomic E-state index is -3.69. The first kappa shape index (κ1) is 20.1. The molecule has 2 aromatic rings. The Balaban J connectivity index is 1.83. The summed E-state index contributed by atoms with van der Waals surface area (Å²) in [7, 11) is -2.23. The predicted molar refractivity (Wildman–Crippen MR) is 108 cm³/mol. The van der Waals surface area contributed by atoms with Gasteiger partial charge in [0.1, 0.15) is 10.6 Å². The molecule has 0 N–H and O–H groups in total. The minimum Gasteiger partial charge on any atom is -0.495 e. The highest BCUT2D eigenvalue weighted by atomic mass is 35.5. The van der Waals surface area contributed by atoms with Gasteiger partial charge in [0.05, 0.1) is 7.11 Å². The molecule has 1 aliphatic rings. The van der Waals surface area contributed by atoms with Gasteiger partial charge in [-0.3, -0.25) is 4.90 Å². The third kappa shape index (κ3) is 4.29. The van der Waals surface area contributed by atoms with Gasteiger partial charge in [0, 0.05) is 36.7 Å². The summed E-state index contributed by atoms with van der Waals surface area (Å²) in [5, 5.41) is 0.373. The predicted octanol–water partition coefficient (Wildman–Crippen LogP) is 3.63. The molecule has 0 aromatic heterocycles. The van der Waals surface area contributed by atoms with Crippen LogP contribution in [-0.2, 0) is 16.6 Å². The molecule has 0 amide bonds. The average molecular weight is 409 g/mol. The van der Waals surface area contributed by atoms with Gasteiger partial charge < -0.3 is 4.74 Å². The zero-order valence-corrected chi connectivity index (χ0v) is 17.4. The zero-order chi connectivity index (χ0) is 19.6. The quantitative estimate of drug-likeness (QED) is 0.758. The molecule has 27 heavy (non-hydrogen) atoms. The van der Waals surface area contributed by atoms with E-state index in [1.54, 1.807) is 12.1 Å². The van der Waals surface area contributed by atoms with Crippen LogP contribution < -0.4 is 4.74 Å². The van der Waals surface area contributed by atoms with Gasteiger partial charge in [-0.05, 0) is 37.6 Å². The van der Waals surface area contributed by atoms with E-state index in [2.05, 4.69) is 30.9 Å². The summed E-state index contributed by atoms with van der Waals surface area (Å²) in [6.45, 7) is 5.79. The second-order valence-corrected chi connectivity index (χ2v) is 9.32. The number of ether oxygens (including phenoxy) is 1. The lowest BCUT2D eigenvalue weighted by Crippen LogP contribution is -2.57. The molecule has 0 bridgehead atoms. The number of benzene rings is 2. The van der Waals surface area contributed by atoms with E-state index in [1.807, 2.05) is 18.2 Å². The zero-order valence-electron chi connectivity index (χ0n) is 15.8. The number of halogens is 1. The average Bonchev–Trinajstić information content (AvgIpc) is 2.65. The first-order chi connectivity index (χ1) is 12.8. The molecule has 2 atom stereocenters. The second kappa shape index (κ2) is 8.19. The Labute approximate surface area is 166 Å². The van der Waals surface area contributed by atoms with Crippen LogP contribution in [0.4, 0.5) is 0 Å². The maximum absolute atomic E-state index is 13.2. The third-order valence-electron chi connectivity index (χ3n) is 5.02. The molecule has 1 saturated heterocycles. The maximum atomic E-state index is 13.2. The number of rotatable bonds is 5. The van der Waals surface area contributed by atoms with Gasteiger partial charge >= 0.3 is 0 Å². The van der Waals surface area contributed by atoms with Crippen LogP contribution in [0.25, 0.3) is 0 Å². The number of hydrogen-bond acceptors (Lipinski definition) is 4. The number of piperazine rings is 1. The van der Waals surface area contributed by atoms with Crippen LogP contribution in [0.15, 0.2) is 53.4 Å². The smallest absolute Gasteiger partial charge is 0.246 e.